The number of fused-ring (bicyclic) bond motifs is 1. The molecule has 0 radical (unpaired) electrons. The lowest BCUT2D eigenvalue weighted by Gasteiger charge is -2.31. The second-order valence-electron chi connectivity index (χ2n) is 6.93. The Balaban J connectivity index is 1.54. The summed E-state index contributed by atoms with van der Waals surface area (Å²) in [6.07, 6.45) is 5.68. The van der Waals surface area contributed by atoms with Crippen LogP contribution in [0.25, 0.3) is 0 Å². The van der Waals surface area contributed by atoms with Gasteiger partial charge in [0.25, 0.3) is 0 Å². The number of aliphatic hydroxyl groups is 1. The van der Waals surface area contributed by atoms with Crippen molar-refractivity contribution in [3.8, 4) is 0 Å². The second-order valence-corrected chi connectivity index (χ2v) is 6.93. The van der Waals surface area contributed by atoms with Gasteiger partial charge in [-0.1, -0.05) is 5.16 Å². The van der Waals surface area contributed by atoms with Crippen molar-refractivity contribution in [3.63, 3.8) is 0 Å². The Labute approximate surface area is 140 Å². The van der Waals surface area contributed by atoms with Crippen LogP contribution in [0.1, 0.15) is 54.3 Å². The van der Waals surface area contributed by atoms with E-state index < -0.39 is 0 Å². The first kappa shape index (κ1) is 15.4. The molecule has 0 unspecified atom stereocenters. The smallest absolute Gasteiger partial charge is 0.222 e. The molecule has 7 nitrogen and oxygen atoms in total. The predicted octanol–water partition coefficient (Wildman–Crippen LogP) is 1.80. The summed E-state index contributed by atoms with van der Waals surface area (Å²) in [7, 11) is 1.98. The van der Waals surface area contributed by atoms with Crippen molar-refractivity contribution in [2.45, 2.75) is 57.1 Å². The lowest BCUT2D eigenvalue weighted by Crippen LogP contribution is -2.28. The maximum atomic E-state index is 9.51. The van der Waals surface area contributed by atoms with Crippen LogP contribution in [-0.2, 0) is 19.4 Å². The molecule has 2 aromatic heterocycles. The van der Waals surface area contributed by atoms with Gasteiger partial charge in [0.1, 0.15) is 17.3 Å². The molecular formula is C17H23N5O2. The largest absolute Gasteiger partial charge is 0.393 e. The van der Waals surface area contributed by atoms with Gasteiger partial charge in [0, 0.05) is 31.0 Å². The van der Waals surface area contributed by atoms with Crippen LogP contribution in [0.5, 0.6) is 0 Å². The normalized spacial score (nSPS) is 22.8. The van der Waals surface area contributed by atoms with E-state index in [1.165, 1.54) is 18.4 Å². The number of aromatic nitrogens is 3. The number of nitrogens with two attached hydrogens (primary N) is 1. The van der Waals surface area contributed by atoms with Gasteiger partial charge in [-0.3, -0.25) is 0 Å². The molecular weight excluding hydrogens is 306 g/mol. The number of nitrogen functional groups attached to an aromatic ring is 1. The van der Waals surface area contributed by atoms with Crippen LogP contribution in [0.3, 0.4) is 0 Å². The zero-order valence-electron chi connectivity index (χ0n) is 13.9. The minimum atomic E-state index is -0.214. The SMILES string of the molecule is CN(Cc1noc2c1CCCC2)c1cc(C2CC(O)C2)nc(N)n1. The summed E-state index contributed by atoms with van der Waals surface area (Å²) < 4.78 is 5.49. The topological polar surface area (TPSA) is 101 Å². The number of aliphatic hydroxyl groups excluding tert-OH is 1. The molecule has 0 spiro atoms. The van der Waals surface area contributed by atoms with Crippen LogP contribution in [0, 0.1) is 0 Å². The standard InChI is InChI=1S/C17H23N5O2/c1-22(9-14-12-4-2-3-5-15(12)24-21-14)16-8-13(19-17(18)20-16)10-6-11(23)7-10/h8,10-11,23H,2-7,9H2,1H3,(H2,18,19,20). The first-order valence-electron chi connectivity index (χ1n) is 8.60. The van der Waals surface area contributed by atoms with E-state index in [0.717, 1.165) is 48.6 Å². The third-order valence-corrected chi connectivity index (χ3v) is 5.09. The summed E-state index contributed by atoms with van der Waals surface area (Å²) in [6.45, 7) is 0.641. The molecule has 7 heteroatoms. The zero-order valence-corrected chi connectivity index (χ0v) is 13.9. The average molecular weight is 329 g/mol. The highest BCUT2D eigenvalue weighted by Crippen LogP contribution is 2.37. The van der Waals surface area contributed by atoms with Crippen LogP contribution in [-0.4, -0.2) is 33.4 Å². The molecule has 2 aliphatic carbocycles. The second kappa shape index (κ2) is 6.05. The molecule has 0 atom stereocenters. The Morgan fingerprint density at radius 1 is 1.29 bits per heavy atom. The monoisotopic (exact) mass is 329 g/mol. The summed E-state index contributed by atoms with van der Waals surface area (Å²) in [4.78, 5) is 10.7. The first-order valence-corrected chi connectivity index (χ1v) is 8.60. The summed E-state index contributed by atoms with van der Waals surface area (Å²) in [5.74, 6) is 2.37. The summed E-state index contributed by atoms with van der Waals surface area (Å²) in [5, 5.41) is 13.8. The Morgan fingerprint density at radius 3 is 2.88 bits per heavy atom. The van der Waals surface area contributed by atoms with Crippen molar-refractivity contribution in [2.24, 2.45) is 0 Å². The van der Waals surface area contributed by atoms with E-state index in [9.17, 15) is 5.11 Å². The Bertz CT molecular complexity index is 739. The van der Waals surface area contributed by atoms with Crippen LogP contribution < -0.4 is 10.6 Å². The number of rotatable bonds is 4. The molecule has 2 aromatic rings. The molecule has 24 heavy (non-hydrogen) atoms. The fourth-order valence-corrected chi connectivity index (χ4v) is 3.58. The molecule has 1 fully saturated rings. The third kappa shape index (κ3) is 2.84. The highest BCUT2D eigenvalue weighted by atomic mass is 16.5. The minimum Gasteiger partial charge on any atom is -0.393 e. The van der Waals surface area contributed by atoms with E-state index in [-0.39, 0.29) is 18.0 Å². The molecule has 2 heterocycles. The average Bonchev–Trinajstić information content (AvgIpc) is 2.94. The van der Waals surface area contributed by atoms with E-state index in [1.54, 1.807) is 0 Å². The van der Waals surface area contributed by atoms with Crippen LogP contribution in [0.4, 0.5) is 11.8 Å². The minimum absolute atomic E-state index is 0.214. The summed E-state index contributed by atoms with van der Waals surface area (Å²) >= 11 is 0. The van der Waals surface area contributed by atoms with Crippen molar-refractivity contribution < 1.29 is 9.63 Å². The zero-order chi connectivity index (χ0) is 16.7. The molecule has 4 rings (SSSR count). The number of anilines is 2. The summed E-state index contributed by atoms with van der Waals surface area (Å²) in [6, 6.07) is 1.97. The molecule has 1 saturated carbocycles. The van der Waals surface area contributed by atoms with E-state index in [4.69, 9.17) is 10.3 Å². The Morgan fingerprint density at radius 2 is 2.08 bits per heavy atom. The van der Waals surface area contributed by atoms with E-state index in [1.807, 2.05) is 18.0 Å². The Kier molecular flexibility index (Phi) is 3.88. The highest BCUT2D eigenvalue weighted by Gasteiger charge is 2.30. The van der Waals surface area contributed by atoms with Crippen LogP contribution >= 0.6 is 0 Å². The van der Waals surface area contributed by atoms with Crippen LogP contribution in [0.2, 0.25) is 0 Å². The van der Waals surface area contributed by atoms with E-state index in [2.05, 4.69) is 15.1 Å². The van der Waals surface area contributed by atoms with Gasteiger partial charge in [-0.05, 0) is 32.1 Å². The van der Waals surface area contributed by atoms with Gasteiger partial charge in [-0.25, -0.2) is 4.98 Å². The quantitative estimate of drug-likeness (QED) is 0.882. The molecule has 0 saturated heterocycles. The van der Waals surface area contributed by atoms with Gasteiger partial charge in [-0.2, -0.15) is 4.98 Å². The molecule has 0 aliphatic heterocycles. The van der Waals surface area contributed by atoms with Gasteiger partial charge in [0.2, 0.25) is 5.95 Å². The van der Waals surface area contributed by atoms with Crippen molar-refractivity contribution in [1.29, 1.82) is 0 Å². The molecule has 0 amide bonds. The first-order chi connectivity index (χ1) is 11.6. The van der Waals surface area contributed by atoms with Gasteiger partial charge < -0.3 is 20.3 Å². The fraction of sp³-hybridized carbons (Fsp3) is 0.588. The fourth-order valence-electron chi connectivity index (χ4n) is 3.58. The number of hydrogen-bond donors (Lipinski definition) is 2. The maximum absolute atomic E-state index is 9.51. The molecule has 2 aliphatic rings. The number of nitrogens with zero attached hydrogens (tertiary/aromatic N) is 4. The summed E-state index contributed by atoms with van der Waals surface area (Å²) in [5.41, 5.74) is 9.05. The Hall–Kier alpha value is -2.15. The molecule has 0 aromatic carbocycles. The van der Waals surface area contributed by atoms with Crippen molar-refractivity contribution in [1.82, 2.24) is 15.1 Å². The van der Waals surface area contributed by atoms with Gasteiger partial charge in [0.15, 0.2) is 0 Å². The molecule has 128 valence electrons. The lowest BCUT2D eigenvalue weighted by atomic mass is 9.80. The third-order valence-electron chi connectivity index (χ3n) is 5.09. The predicted molar refractivity (Wildman–Crippen MR) is 89.7 cm³/mol. The van der Waals surface area contributed by atoms with Gasteiger partial charge in [0.05, 0.1) is 18.3 Å². The lowest BCUT2D eigenvalue weighted by molar-refractivity contribution is 0.0732. The van der Waals surface area contributed by atoms with Gasteiger partial charge >= 0.3 is 0 Å². The van der Waals surface area contributed by atoms with Crippen molar-refractivity contribution in [3.05, 3.63) is 28.8 Å². The molecule has 0 bridgehead atoms. The van der Waals surface area contributed by atoms with Gasteiger partial charge in [-0.15, -0.1) is 0 Å². The van der Waals surface area contributed by atoms with E-state index >= 15 is 0 Å². The number of aryl methyl sites for hydroxylation is 1. The maximum Gasteiger partial charge on any atom is 0.222 e. The van der Waals surface area contributed by atoms with Crippen LogP contribution in [0.15, 0.2) is 10.6 Å². The van der Waals surface area contributed by atoms with Crippen molar-refractivity contribution >= 4 is 11.8 Å². The molecule has 3 N–H and O–H groups in total. The van der Waals surface area contributed by atoms with Crippen molar-refractivity contribution in [2.75, 3.05) is 17.7 Å². The highest BCUT2D eigenvalue weighted by molar-refractivity contribution is 5.45. The van der Waals surface area contributed by atoms with E-state index in [0.29, 0.717) is 6.54 Å². The number of hydrogen-bond acceptors (Lipinski definition) is 7.